The summed E-state index contributed by atoms with van der Waals surface area (Å²) in [5.74, 6) is 0.394. The first-order valence-corrected chi connectivity index (χ1v) is 6.44. The number of rotatable bonds is 2. The minimum Gasteiger partial charge on any atom is -0.507 e. The van der Waals surface area contributed by atoms with Crippen LogP contribution >= 0.6 is 0 Å². The topological polar surface area (TPSA) is 53.1 Å². The Morgan fingerprint density at radius 3 is 2.58 bits per heavy atom. The molecule has 0 saturated carbocycles. The third kappa shape index (κ3) is 2.28. The van der Waals surface area contributed by atoms with Gasteiger partial charge in [-0.15, -0.1) is 0 Å². The van der Waals surface area contributed by atoms with Crippen molar-refractivity contribution in [3.8, 4) is 5.75 Å². The van der Waals surface area contributed by atoms with Gasteiger partial charge in [0.25, 0.3) is 5.56 Å². The molecule has 0 saturated heterocycles. The molecule has 0 spiro atoms. The Bertz CT molecular complexity index is 711. The predicted octanol–water partition coefficient (Wildman–Crippen LogP) is 3.53. The maximum Gasteiger partial charge on any atom is 0.251 e. The molecule has 2 aromatic rings. The van der Waals surface area contributed by atoms with Gasteiger partial charge in [0.15, 0.2) is 0 Å². The van der Waals surface area contributed by atoms with E-state index in [0.717, 1.165) is 11.1 Å². The Morgan fingerprint density at radius 2 is 1.95 bits per heavy atom. The van der Waals surface area contributed by atoms with Gasteiger partial charge in [0.1, 0.15) is 5.75 Å². The van der Waals surface area contributed by atoms with Gasteiger partial charge in [0.2, 0.25) is 0 Å². The number of phenols is 1. The number of phenolic OH excluding ortho intramolecular Hbond substituents is 1. The van der Waals surface area contributed by atoms with Crippen LogP contribution in [0.3, 0.4) is 0 Å². The van der Waals surface area contributed by atoms with E-state index >= 15 is 0 Å². The predicted molar refractivity (Wildman–Crippen MR) is 78.9 cm³/mol. The molecule has 1 aromatic heterocycles. The second-order valence-corrected chi connectivity index (χ2v) is 5.02. The second-order valence-electron chi connectivity index (χ2n) is 5.02. The molecular weight excluding hydrogens is 238 g/mol. The molecule has 0 aliphatic heterocycles. The van der Waals surface area contributed by atoms with Crippen LogP contribution in [0.15, 0.2) is 29.1 Å². The van der Waals surface area contributed by atoms with Crippen LogP contribution in [0.25, 0.3) is 10.9 Å². The average Bonchev–Trinajstić information content (AvgIpc) is 2.36. The highest BCUT2D eigenvalue weighted by atomic mass is 16.3. The molecule has 0 fully saturated rings. The number of H-pyrrole nitrogens is 1. The maximum atomic E-state index is 11.7. The maximum absolute atomic E-state index is 11.7. The number of aromatic nitrogens is 1. The van der Waals surface area contributed by atoms with Crippen molar-refractivity contribution in [2.45, 2.75) is 33.6 Å². The van der Waals surface area contributed by atoms with Crippen LogP contribution in [0.4, 0.5) is 0 Å². The Balaban J connectivity index is 2.81. The molecular formula is C16H19NO2. The molecule has 1 heterocycles. The summed E-state index contributed by atoms with van der Waals surface area (Å²) in [6, 6.07) is 3.69. The Kier molecular flexibility index (Phi) is 3.47. The molecule has 100 valence electrons. The van der Waals surface area contributed by atoms with Gasteiger partial charge in [-0.1, -0.05) is 19.1 Å². The third-order valence-electron chi connectivity index (χ3n) is 3.49. The van der Waals surface area contributed by atoms with Crippen molar-refractivity contribution >= 4 is 10.9 Å². The fourth-order valence-electron chi connectivity index (χ4n) is 2.40. The smallest absolute Gasteiger partial charge is 0.251 e. The van der Waals surface area contributed by atoms with Crippen molar-refractivity contribution in [3.05, 3.63) is 51.3 Å². The highest BCUT2D eigenvalue weighted by Crippen LogP contribution is 2.35. The number of hydrogen-bond acceptors (Lipinski definition) is 2. The quantitative estimate of drug-likeness (QED) is 0.809. The number of allylic oxidation sites excluding steroid dienone is 2. The minimum absolute atomic E-state index is 0.107. The molecule has 0 aliphatic rings. The molecule has 1 unspecified atom stereocenters. The zero-order chi connectivity index (χ0) is 14.2. The first kappa shape index (κ1) is 13.4. The number of aryl methyl sites for hydroxylation is 2. The zero-order valence-electron chi connectivity index (χ0n) is 11.7. The van der Waals surface area contributed by atoms with Gasteiger partial charge in [-0.2, -0.15) is 0 Å². The summed E-state index contributed by atoms with van der Waals surface area (Å²) in [7, 11) is 0. The molecule has 1 atom stereocenters. The summed E-state index contributed by atoms with van der Waals surface area (Å²) in [6.45, 7) is 7.69. The SMILES string of the molecule is CC=CC(C)c1cc(C)c2[nH]c(=O)c(C)cc2c1O. The van der Waals surface area contributed by atoms with Gasteiger partial charge in [0, 0.05) is 22.4 Å². The lowest BCUT2D eigenvalue weighted by Crippen LogP contribution is -2.09. The zero-order valence-corrected chi connectivity index (χ0v) is 11.7. The molecule has 3 nitrogen and oxygen atoms in total. The van der Waals surface area contributed by atoms with Crippen molar-refractivity contribution in [2.75, 3.05) is 0 Å². The monoisotopic (exact) mass is 257 g/mol. The number of hydrogen-bond donors (Lipinski definition) is 2. The van der Waals surface area contributed by atoms with E-state index in [1.807, 2.05) is 39.0 Å². The molecule has 0 aliphatic carbocycles. The fourth-order valence-corrected chi connectivity index (χ4v) is 2.40. The van der Waals surface area contributed by atoms with E-state index in [1.165, 1.54) is 0 Å². The normalized spacial score (nSPS) is 13.3. The van der Waals surface area contributed by atoms with Crippen LogP contribution in [-0.4, -0.2) is 10.1 Å². The van der Waals surface area contributed by atoms with E-state index in [-0.39, 0.29) is 17.2 Å². The first-order chi connectivity index (χ1) is 8.95. The summed E-state index contributed by atoms with van der Waals surface area (Å²) in [5.41, 5.74) is 3.07. The number of fused-ring (bicyclic) bond motifs is 1. The van der Waals surface area contributed by atoms with E-state index in [9.17, 15) is 9.90 Å². The standard InChI is InChI=1S/C16H19NO2/c1-5-6-9(2)12-7-10(3)14-13(15(12)18)8-11(4)16(19)17-14/h5-9,18H,1-4H3,(H,17,19). The van der Waals surface area contributed by atoms with Crippen LogP contribution in [0.1, 0.15) is 36.5 Å². The van der Waals surface area contributed by atoms with Crippen molar-refractivity contribution in [1.82, 2.24) is 4.98 Å². The summed E-state index contributed by atoms with van der Waals surface area (Å²) >= 11 is 0. The van der Waals surface area contributed by atoms with E-state index in [2.05, 4.69) is 4.98 Å². The summed E-state index contributed by atoms with van der Waals surface area (Å²) in [4.78, 5) is 14.5. The van der Waals surface area contributed by atoms with Crippen LogP contribution in [-0.2, 0) is 0 Å². The Labute approximate surface area is 112 Å². The second kappa shape index (κ2) is 4.92. The summed E-state index contributed by atoms with van der Waals surface area (Å²) < 4.78 is 0. The van der Waals surface area contributed by atoms with Crippen LogP contribution < -0.4 is 5.56 Å². The largest absolute Gasteiger partial charge is 0.507 e. The molecule has 3 heteroatoms. The van der Waals surface area contributed by atoms with E-state index in [1.54, 1.807) is 13.0 Å². The molecule has 19 heavy (non-hydrogen) atoms. The van der Waals surface area contributed by atoms with Crippen molar-refractivity contribution in [3.63, 3.8) is 0 Å². The van der Waals surface area contributed by atoms with Crippen molar-refractivity contribution in [2.24, 2.45) is 0 Å². The molecule has 0 amide bonds. The average molecular weight is 257 g/mol. The Morgan fingerprint density at radius 1 is 1.26 bits per heavy atom. The number of pyridine rings is 1. The van der Waals surface area contributed by atoms with Gasteiger partial charge in [-0.05, 0) is 38.5 Å². The summed E-state index contributed by atoms with van der Waals surface area (Å²) in [6.07, 6.45) is 4.01. The lowest BCUT2D eigenvalue weighted by Gasteiger charge is -2.14. The first-order valence-electron chi connectivity index (χ1n) is 6.44. The lowest BCUT2D eigenvalue weighted by atomic mass is 9.94. The van der Waals surface area contributed by atoms with Gasteiger partial charge in [0.05, 0.1) is 5.52 Å². The highest BCUT2D eigenvalue weighted by Gasteiger charge is 2.14. The van der Waals surface area contributed by atoms with Crippen LogP contribution in [0.5, 0.6) is 5.75 Å². The van der Waals surface area contributed by atoms with Gasteiger partial charge in [-0.3, -0.25) is 4.79 Å². The fraction of sp³-hybridized carbons (Fsp3) is 0.312. The van der Waals surface area contributed by atoms with Crippen LogP contribution in [0.2, 0.25) is 0 Å². The molecule has 2 N–H and O–H groups in total. The van der Waals surface area contributed by atoms with Crippen molar-refractivity contribution in [1.29, 1.82) is 0 Å². The number of nitrogens with one attached hydrogen (secondary N) is 1. The highest BCUT2D eigenvalue weighted by molar-refractivity contribution is 5.89. The molecule has 0 bridgehead atoms. The van der Waals surface area contributed by atoms with Gasteiger partial charge >= 0.3 is 0 Å². The Hall–Kier alpha value is -2.03. The van der Waals surface area contributed by atoms with E-state index in [0.29, 0.717) is 16.5 Å². The van der Waals surface area contributed by atoms with E-state index < -0.39 is 0 Å². The van der Waals surface area contributed by atoms with Crippen molar-refractivity contribution < 1.29 is 5.11 Å². The van der Waals surface area contributed by atoms with Gasteiger partial charge < -0.3 is 10.1 Å². The third-order valence-corrected chi connectivity index (χ3v) is 3.49. The van der Waals surface area contributed by atoms with Crippen LogP contribution in [0, 0.1) is 13.8 Å². The number of aromatic hydroxyl groups is 1. The lowest BCUT2D eigenvalue weighted by molar-refractivity contribution is 0.473. The minimum atomic E-state index is -0.107. The number of aromatic amines is 1. The van der Waals surface area contributed by atoms with E-state index in [4.69, 9.17) is 0 Å². The molecule has 1 aromatic carbocycles. The summed E-state index contributed by atoms with van der Waals surface area (Å²) in [5, 5.41) is 11.1. The van der Waals surface area contributed by atoms with Gasteiger partial charge in [-0.25, -0.2) is 0 Å². The molecule has 0 radical (unpaired) electrons. The number of benzene rings is 1. The molecule has 2 rings (SSSR count).